The summed E-state index contributed by atoms with van der Waals surface area (Å²) in [6, 6.07) is 0. The highest BCUT2D eigenvalue weighted by Crippen LogP contribution is 2.14. The monoisotopic (exact) mass is 254 g/mol. The van der Waals surface area contributed by atoms with E-state index in [1.54, 1.807) is 0 Å². The van der Waals surface area contributed by atoms with Crippen LogP contribution in [-0.4, -0.2) is 59.1 Å². The van der Waals surface area contributed by atoms with Gasteiger partial charge in [0, 0.05) is 0 Å². The number of alkyl halides is 2. The molecule has 0 atom stereocenters. The minimum absolute atomic E-state index is 0.172. The van der Waals surface area contributed by atoms with Crippen molar-refractivity contribution in [2.75, 3.05) is 31.3 Å². The Balaban J connectivity index is 2.28. The van der Waals surface area contributed by atoms with E-state index in [9.17, 15) is 18.4 Å². The van der Waals surface area contributed by atoms with Crippen molar-refractivity contribution in [3.05, 3.63) is 0 Å². The SMILES string of the molecule is O=C(CN1CSCC1=O)NCC(F)(F)CO. The highest BCUT2D eigenvalue weighted by atomic mass is 32.2. The van der Waals surface area contributed by atoms with Crippen LogP contribution in [-0.2, 0) is 9.59 Å². The molecule has 0 aromatic rings. The molecule has 0 radical (unpaired) electrons. The molecule has 1 saturated heterocycles. The fourth-order valence-electron chi connectivity index (χ4n) is 1.05. The molecule has 0 bridgehead atoms. The van der Waals surface area contributed by atoms with E-state index >= 15 is 0 Å². The average Bonchev–Trinajstić information content (AvgIpc) is 2.62. The van der Waals surface area contributed by atoms with E-state index in [1.165, 1.54) is 16.7 Å². The second-order valence-corrected chi connectivity index (χ2v) is 4.32. The van der Waals surface area contributed by atoms with E-state index in [2.05, 4.69) is 0 Å². The third-order valence-electron chi connectivity index (χ3n) is 1.94. The van der Waals surface area contributed by atoms with Crippen molar-refractivity contribution in [2.24, 2.45) is 0 Å². The summed E-state index contributed by atoms with van der Waals surface area (Å²) in [4.78, 5) is 23.6. The van der Waals surface area contributed by atoms with Gasteiger partial charge in [-0.15, -0.1) is 11.8 Å². The van der Waals surface area contributed by atoms with Gasteiger partial charge in [-0.2, -0.15) is 0 Å². The zero-order valence-corrected chi connectivity index (χ0v) is 9.23. The molecule has 2 N–H and O–H groups in total. The number of carbonyl (C=O) groups excluding carboxylic acids is 2. The lowest BCUT2D eigenvalue weighted by molar-refractivity contribution is -0.133. The zero-order chi connectivity index (χ0) is 12.2. The summed E-state index contributed by atoms with van der Waals surface area (Å²) >= 11 is 1.37. The van der Waals surface area contributed by atoms with Crippen molar-refractivity contribution in [3.63, 3.8) is 0 Å². The van der Waals surface area contributed by atoms with E-state index in [4.69, 9.17) is 5.11 Å². The number of amides is 2. The maximum absolute atomic E-state index is 12.6. The fourth-order valence-corrected chi connectivity index (χ4v) is 1.96. The van der Waals surface area contributed by atoms with Crippen LogP contribution in [0.5, 0.6) is 0 Å². The summed E-state index contributed by atoms with van der Waals surface area (Å²) in [5.74, 6) is -3.42. The fraction of sp³-hybridized carbons (Fsp3) is 0.750. The van der Waals surface area contributed by atoms with E-state index in [0.29, 0.717) is 11.6 Å². The topological polar surface area (TPSA) is 69.6 Å². The number of aliphatic hydroxyl groups excluding tert-OH is 1. The lowest BCUT2D eigenvalue weighted by Gasteiger charge is -2.17. The molecule has 1 heterocycles. The van der Waals surface area contributed by atoms with E-state index < -0.39 is 25.0 Å². The average molecular weight is 254 g/mol. The van der Waals surface area contributed by atoms with Crippen LogP contribution in [0.1, 0.15) is 0 Å². The van der Waals surface area contributed by atoms with Crippen LogP contribution in [0, 0.1) is 0 Å². The molecule has 0 unspecified atom stereocenters. The van der Waals surface area contributed by atoms with Crippen LogP contribution in [0.25, 0.3) is 0 Å². The second kappa shape index (κ2) is 5.44. The minimum atomic E-state index is -3.32. The first-order valence-corrected chi connectivity index (χ1v) is 5.71. The first-order valence-electron chi connectivity index (χ1n) is 4.55. The van der Waals surface area contributed by atoms with E-state index in [1.807, 2.05) is 5.32 Å². The lowest BCUT2D eigenvalue weighted by atomic mass is 10.3. The van der Waals surface area contributed by atoms with Gasteiger partial charge in [0.2, 0.25) is 11.8 Å². The van der Waals surface area contributed by atoms with Crippen molar-refractivity contribution < 1.29 is 23.5 Å². The Morgan fingerprint density at radius 1 is 1.62 bits per heavy atom. The largest absolute Gasteiger partial charge is 0.390 e. The third-order valence-corrected chi connectivity index (χ3v) is 2.88. The van der Waals surface area contributed by atoms with Crippen LogP contribution in [0.2, 0.25) is 0 Å². The van der Waals surface area contributed by atoms with Gasteiger partial charge in [-0.25, -0.2) is 8.78 Å². The molecule has 0 spiro atoms. The Bertz CT molecular complexity index is 288. The Labute approximate surface area is 95.2 Å². The Kier molecular flexibility index (Phi) is 4.48. The molecule has 1 rings (SSSR count). The third kappa shape index (κ3) is 3.93. The van der Waals surface area contributed by atoms with E-state index in [-0.39, 0.29) is 12.5 Å². The smallest absolute Gasteiger partial charge is 0.287 e. The number of aliphatic hydroxyl groups is 1. The van der Waals surface area contributed by atoms with Gasteiger partial charge in [0.1, 0.15) is 13.2 Å². The molecule has 2 amide bonds. The molecule has 0 aliphatic carbocycles. The van der Waals surface area contributed by atoms with Crippen molar-refractivity contribution in [1.29, 1.82) is 0 Å². The molecule has 8 heteroatoms. The first-order chi connectivity index (χ1) is 7.44. The maximum atomic E-state index is 12.6. The van der Waals surface area contributed by atoms with Gasteiger partial charge >= 0.3 is 0 Å². The Morgan fingerprint density at radius 3 is 2.81 bits per heavy atom. The highest BCUT2D eigenvalue weighted by molar-refractivity contribution is 8.00. The Hall–Kier alpha value is -0.890. The predicted molar refractivity (Wildman–Crippen MR) is 54.1 cm³/mol. The van der Waals surface area contributed by atoms with Crippen LogP contribution in [0.15, 0.2) is 0 Å². The van der Waals surface area contributed by atoms with Crippen molar-refractivity contribution in [3.8, 4) is 0 Å². The van der Waals surface area contributed by atoms with Crippen LogP contribution in [0.4, 0.5) is 8.78 Å². The van der Waals surface area contributed by atoms with Gasteiger partial charge in [-0.1, -0.05) is 0 Å². The standard InChI is InChI=1S/C8H12F2N2O3S/c9-8(10,4-13)3-11-6(14)1-12-5-16-2-7(12)15/h13H,1-5H2,(H,11,14). The van der Waals surface area contributed by atoms with Crippen molar-refractivity contribution in [1.82, 2.24) is 10.2 Å². The van der Waals surface area contributed by atoms with Gasteiger partial charge < -0.3 is 15.3 Å². The van der Waals surface area contributed by atoms with E-state index in [0.717, 1.165) is 0 Å². The first kappa shape index (κ1) is 13.2. The van der Waals surface area contributed by atoms with Gasteiger partial charge in [0.15, 0.2) is 0 Å². The van der Waals surface area contributed by atoms with Gasteiger partial charge in [0.05, 0.1) is 18.2 Å². The molecule has 0 aromatic carbocycles. The van der Waals surface area contributed by atoms with Gasteiger partial charge in [0.25, 0.3) is 5.92 Å². The predicted octanol–water partition coefficient (Wildman–Crippen LogP) is -0.737. The number of thioether (sulfide) groups is 1. The number of rotatable bonds is 5. The highest BCUT2D eigenvalue weighted by Gasteiger charge is 2.29. The molecule has 0 saturated carbocycles. The molecular weight excluding hydrogens is 242 g/mol. The molecule has 1 fully saturated rings. The van der Waals surface area contributed by atoms with Crippen molar-refractivity contribution in [2.45, 2.75) is 5.92 Å². The number of nitrogens with zero attached hydrogens (tertiary/aromatic N) is 1. The minimum Gasteiger partial charge on any atom is -0.390 e. The van der Waals surface area contributed by atoms with Gasteiger partial charge in [-0.05, 0) is 0 Å². The Morgan fingerprint density at radius 2 is 2.31 bits per heavy atom. The van der Waals surface area contributed by atoms with Crippen molar-refractivity contribution >= 4 is 23.6 Å². The summed E-state index contributed by atoms with van der Waals surface area (Å²) in [6.45, 7) is -2.45. The lowest BCUT2D eigenvalue weighted by Crippen LogP contribution is -2.44. The van der Waals surface area contributed by atoms with Crippen LogP contribution >= 0.6 is 11.8 Å². The zero-order valence-electron chi connectivity index (χ0n) is 8.41. The maximum Gasteiger partial charge on any atom is 0.287 e. The molecule has 5 nitrogen and oxygen atoms in total. The molecule has 16 heavy (non-hydrogen) atoms. The molecule has 92 valence electrons. The number of halogens is 2. The summed E-state index contributed by atoms with van der Waals surface area (Å²) in [5, 5.41) is 10.2. The normalized spacial score (nSPS) is 16.7. The number of nitrogens with one attached hydrogen (secondary N) is 1. The summed E-state index contributed by atoms with van der Waals surface area (Å²) in [5.41, 5.74) is 0. The number of hydrogen-bond donors (Lipinski definition) is 2. The summed E-state index contributed by atoms with van der Waals surface area (Å²) in [7, 11) is 0. The molecule has 1 aliphatic rings. The molecule has 0 aromatic heterocycles. The molecule has 1 aliphatic heterocycles. The summed E-state index contributed by atoms with van der Waals surface area (Å²) in [6.07, 6.45) is 0. The van der Waals surface area contributed by atoms with Gasteiger partial charge in [-0.3, -0.25) is 9.59 Å². The second-order valence-electron chi connectivity index (χ2n) is 3.36. The number of hydrogen-bond acceptors (Lipinski definition) is 4. The van der Waals surface area contributed by atoms with Crippen LogP contribution in [0.3, 0.4) is 0 Å². The quantitative estimate of drug-likeness (QED) is 0.678. The molecular formula is C8H12F2N2O3S. The summed E-state index contributed by atoms with van der Waals surface area (Å²) < 4.78 is 25.1. The van der Waals surface area contributed by atoms with Crippen LogP contribution < -0.4 is 5.32 Å². The number of carbonyl (C=O) groups is 2.